The molecule has 0 atom stereocenters. The molecule has 0 spiro atoms. The van der Waals surface area contributed by atoms with Crippen LogP contribution in [-0.2, 0) is 10.0 Å². The zero-order valence-corrected chi connectivity index (χ0v) is 14.2. The molecule has 2 aliphatic rings. The molecule has 2 fully saturated rings. The summed E-state index contributed by atoms with van der Waals surface area (Å²) < 4.78 is 30.5. The van der Waals surface area contributed by atoms with Crippen LogP contribution < -0.4 is 4.90 Å². The quantitative estimate of drug-likeness (QED) is 0.833. The van der Waals surface area contributed by atoms with Gasteiger partial charge in [-0.05, 0) is 12.8 Å². The van der Waals surface area contributed by atoms with Gasteiger partial charge >= 0.3 is 0 Å². The molecule has 8 heteroatoms. The Morgan fingerprint density at radius 1 is 1.17 bits per heavy atom. The summed E-state index contributed by atoms with van der Waals surface area (Å²) in [5, 5.41) is 9.34. The van der Waals surface area contributed by atoms with Crippen molar-refractivity contribution in [3.8, 4) is 6.07 Å². The molecule has 1 aromatic rings. The van der Waals surface area contributed by atoms with E-state index in [1.54, 1.807) is 0 Å². The predicted molar refractivity (Wildman–Crippen MR) is 85.7 cm³/mol. The second-order valence-electron chi connectivity index (χ2n) is 6.30. The third-order valence-electron chi connectivity index (χ3n) is 4.68. The first kappa shape index (κ1) is 16.3. The fourth-order valence-electron chi connectivity index (χ4n) is 3.36. The van der Waals surface area contributed by atoms with Gasteiger partial charge in [0, 0.05) is 32.1 Å². The maximum absolute atomic E-state index is 11.6. The average Bonchev–Trinajstić information content (AvgIpc) is 2.99. The molecule has 1 aliphatic heterocycles. The number of rotatable bonds is 3. The van der Waals surface area contributed by atoms with Crippen molar-refractivity contribution in [1.82, 2.24) is 9.29 Å². The van der Waals surface area contributed by atoms with E-state index in [9.17, 15) is 13.7 Å². The monoisotopic (exact) mass is 338 g/mol. The van der Waals surface area contributed by atoms with Crippen LogP contribution in [0.3, 0.4) is 0 Å². The minimum absolute atomic E-state index is 0.307. The predicted octanol–water partition coefficient (Wildman–Crippen LogP) is 1.68. The fourth-order valence-corrected chi connectivity index (χ4v) is 4.19. The molecule has 0 unspecified atom stereocenters. The van der Waals surface area contributed by atoms with E-state index in [1.165, 1.54) is 29.8 Å². The molecule has 0 amide bonds. The van der Waals surface area contributed by atoms with Crippen LogP contribution in [0.25, 0.3) is 0 Å². The largest absolute Gasteiger partial charge is 0.423 e. The molecular formula is C15H22N4O3S. The highest BCUT2D eigenvalue weighted by molar-refractivity contribution is 7.88. The highest BCUT2D eigenvalue weighted by Crippen LogP contribution is 2.35. The first-order valence-corrected chi connectivity index (χ1v) is 9.95. The van der Waals surface area contributed by atoms with Crippen LogP contribution in [0, 0.1) is 11.3 Å². The number of nitriles is 1. The molecular weight excluding hydrogens is 316 g/mol. The molecule has 1 saturated carbocycles. The second kappa shape index (κ2) is 6.49. The van der Waals surface area contributed by atoms with Gasteiger partial charge in [-0.25, -0.2) is 13.4 Å². The van der Waals surface area contributed by atoms with Crippen molar-refractivity contribution in [2.45, 2.75) is 38.0 Å². The molecule has 1 aliphatic carbocycles. The van der Waals surface area contributed by atoms with E-state index >= 15 is 0 Å². The number of sulfonamides is 1. The van der Waals surface area contributed by atoms with Crippen LogP contribution in [0.15, 0.2) is 4.42 Å². The molecule has 2 heterocycles. The summed E-state index contributed by atoms with van der Waals surface area (Å²) in [5.41, 5.74) is 0.318. The topological polar surface area (TPSA) is 90.4 Å². The summed E-state index contributed by atoms with van der Waals surface area (Å²) in [6.07, 6.45) is 6.95. The van der Waals surface area contributed by atoms with Crippen molar-refractivity contribution in [2.24, 2.45) is 0 Å². The average molecular weight is 338 g/mol. The number of aromatic nitrogens is 1. The summed E-state index contributed by atoms with van der Waals surface area (Å²) in [7, 11) is -3.16. The van der Waals surface area contributed by atoms with Gasteiger partial charge in [-0.3, -0.25) is 0 Å². The molecule has 1 saturated heterocycles. The number of nitrogens with zero attached hydrogens (tertiary/aromatic N) is 4. The minimum atomic E-state index is -3.16. The van der Waals surface area contributed by atoms with Crippen molar-refractivity contribution in [3.63, 3.8) is 0 Å². The van der Waals surface area contributed by atoms with Crippen LogP contribution in [0.2, 0.25) is 0 Å². The second-order valence-corrected chi connectivity index (χ2v) is 8.28. The standard InChI is InChI=1S/C15H22N4O3S/c1-23(20,21)19-9-7-18(8-10-19)15-13(11-16)17-14(22-15)12-5-3-2-4-6-12/h12H,2-10H2,1H3. The van der Waals surface area contributed by atoms with E-state index in [-0.39, 0.29) is 0 Å². The summed E-state index contributed by atoms with van der Waals surface area (Å²) in [4.78, 5) is 6.32. The van der Waals surface area contributed by atoms with Crippen LogP contribution >= 0.6 is 0 Å². The van der Waals surface area contributed by atoms with Crippen LogP contribution in [-0.4, -0.2) is 50.1 Å². The maximum Gasteiger partial charge on any atom is 0.234 e. The van der Waals surface area contributed by atoms with E-state index in [1.807, 2.05) is 4.90 Å². The van der Waals surface area contributed by atoms with E-state index in [4.69, 9.17) is 4.42 Å². The zero-order chi connectivity index (χ0) is 16.4. The van der Waals surface area contributed by atoms with Gasteiger partial charge in [0.1, 0.15) is 6.07 Å². The Balaban J connectivity index is 1.75. The Labute approximate surface area is 136 Å². The van der Waals surface area contributed by atoms with E-state index < -0.39 is 10.0 Å². The summed E-state index contributed by atoms with van der Waals surface area (Å²) in [6.45, 7) is 1.84. The van der Waals surface area contributed by atoms with Gasteiger partial charge < -0.3 is 9.32 Å². The van der Waals surface area contributed by atoms with Crippen molar-refractivity contribution in [3.05, 3.63) is 11.6 Å². The third kappa shape index (κ3) is 3.51. The van der Waals surface area contributed by atoms with Gasteiger partial charge in [0.05, 0.1) is 6.26 Å². The molecule has 0 radical (unpaired) electrons. The molecule has 23 heavy (non-hydrogen) atoms. The van der Waals surface area contributed by atoms with Crippen molar-refractivity contribution in [2.75, 3.05) is 37.3 Å². The lowest BCUT2D eigenvalue weighted by molar-refractivity contribution is 0.348. The van der Waals surface area contributed by atoms with Crippen LogP contribution in [0.5, 0.6) is 0 Å². The van der Waals surface area contributed by atoms with Gasteiger partial charge in [-0.1, -0.05) is 19.3 Å². The lowest BCUT2D eigenvalue weighted by Gasteiger charge is -2.32. The molecule has 126 valence electrons. The zero-order valence-electron chi connectivity index (χ0n) is 13.4. The summed E-state index contributed by atoms with van der Waals surface area (Å²) in [5.74, 6) is 1.48. The molecule has 0 aromatic carbocycles. The van der Waals surface area contributed by atoms with Crippen LogP contribution in [0.4, 0.5) is 5.88 Å². The van der Waals surface area contributed by atoms with E-state index in [2.05, 4.69) is 11.1 Å². The van der Waals surface area contributed by atoms with Gasteiger partial charge in [-0.15, -0.1) is 0 Å². The van der Waals surface area contributed by atoms with Gasteiger partial charge in [-0.2, -0.15) is 9.57 Å². The lowest BCUT2D eigenvalue weighted by Crippen LogP contribution is -2.48. The van der Waals surface area contributed by atoms with Gasteiger partial charge in [0.15, 0.2) is 0 Å². The number of piperazine rings is 1. The number of oxazole rings is 1. The smallest absolute Gasteiger partial charge is 0.234 e. The Hall–Kier alpha value is -1.59. The first-order valence-electron chi connectivity index (χ1n) is 8.10. The third-order valence-corrected chi connectivity index (χ3v) is 5.98. The SMILES string of the molecule is CS(=O)(=O)N1CCN(c2oc(C3CCCCC3)nc2C#N)CC1. The van der Waals surface area contributed by atoms with Crippen molar-refractivity contribution < 1.29 is 12.8 Å². The molecule has 3 rings (SSSR count). The summed E-state index contributed by atoms with van der Waals surface area (Å²) in [6, 6.07) is 2.12. The van der Waals surface area contributed by atoms with Crippen molar-refractivity contribution >= 4 is 15.9 Å². The van der Waals surface area contributed by atoms with Gasteiger partial charge in [0.2, 0.25) is 27.5 Å². The Bertz CT molecular complexity index is 693. The summed E-state index contributed by atoms with van der Waals surface area (Å²) >= 11 is 0. The van der Waals surface area contributed by atoms with Gasteiger partial charge in [0.25, 0.3) is 0 Å². The van der Waals surface area contributed by atoms with Crippen LogP contribution in [0.1, 0.15) is 49.6 Å². The number of anilines is 1. The Morgan fingerprint density at radius 2 is 1.83 bits per heavy atom. The minimum Gasteiger partial charge on any atom is -0.423 e. The van der Waals surface area contributed by atoms with E-state index in [0.717, 1.165) is 12.8 Å². The highest BCUT2D eigenvalue weighted by Gasteiger charge is 2.29. The lowest BCUT2D eigenvalue weighted by atomic mass is 9.89. The number of hydrogen-bond donors (Lipinski definition) is 0. The first-order chi connectivity index (χ1) is 11.0. The highest BCUT2D eigenvalue weighted by atomic mass is 32.2. The molecule has 0 bridgehead atoms. The molecule has 1 aromatic heterocycles. The Morgan fingerprint density at radius 3 is 2.39 bits per heavy atom. The van der Waals surface area contributed by atoms with E-state index in [0.29, 0.717) is 49.6 Å². The maximum atomic E-state index is 11.6. The Kier molecular flexibility index (Phi) is 4.60. The fraction of sp³-hybridized carbons (Fsp3) is 0.733. The number of hydrogen-bond acceptors (Lipinski definition) is 6. The molecule has 0 N–H and O–H groups in total. The molecule has 7 nitrogen and oxygen atoms in total. The van der Waals surface area contributed by atoms with Crippen molar-refractivity contribution in [1.29, 1.82) is 5.26 Å². The normalized spacial score (nSPS) is 21.3.